The molecule has 0 aliphatic carbocycles. The molecule has 0 aliphatic heterocycles. The third-order valence-electron chi connectivity index (χ3n) is 3.36. The van der Waals surface area contributed by atoms with Crippen LogP contribution in [-0.4, -0.2) is 20.3 Å². The quantitative estimate of drug-likeness (QED) is 0.898. The minimum absolute atomic E-state index is 0.301. The van der Waals surface area contributed by atoms with Gasteiger partial charge in [-0.2, -0.15) is 0 Å². The number of carbonyl (C=O) groups is 1. The van der Waals surface area contributed by atoms with Crippen LogP contribution in [0.25, 0.3) is 0 Å². The second kappa shape index (κ2) is 6.85. The summed E-state index contributed by atoms with van der Waals surface area (Å²) in [5, 5.41) is 5.66. The first-order chi connectivity index (χ1) is 10.5. The molecule has 0 bridgehead atoms. The number of para-hydroxylation sites is 1. The van der Waals surface area contributed by atoms with Crippen LogP contribution in [0.1, 0.15) is 11.1 Å². The summed E-state index contributed by atoms with van der Waals surface area (Å²) < 4.78 is 10.4. The zero-order valence-corrected chi connectivity index (χ0v) is 13.2. The van der Waals surface area contributed by atoms with Crippen molar-refractivity contribution in [2.24, 2.45) is 0 Å². The summed E-state index contributed by atoms with van der Waals surface area (Å²) in [6.45, 7) is 3.91. The van der Waals surface area contributed by atoms with E-state index in [0.717, 1.165) is 16.8 Å². The molecule has 0 spiro atoms. The number of carbonyl (C=O) groups excluding carboxylic acids is 1. The summed E-state index contributed by atoms with van der Waals surface area (Å²) in [4.78, 5) is 12.1. The average Bonchev–Trinajstić information content (AvgIpc) is 2.51. The molecule has 22 heavy (non-hydrogen) atoms. The first-order valence-corrected chi connectivity index (χ1v) is 6.91. The van der Waals surface area contributed by atoms with Crippen molar-refractivity contribution in [3.8, 4) is 11.5 Å². The van der Waals surface area contributed by atoms with Gasteiger partial charge in [0.15, 0.2) is 11.5 Å². The first-order valence-electron chi connectivity index (χ1n) is 6.91. The highest BCUT2D eigenvalue weighted by Crippen LogP contribution is 2.29. The normalized spacial score (nSPS) is 10.0. The molecule has 116 valence electrons. The van der Waals surface area contributed by atoms with Gasteiger partial charge < -0.3 is 20.1 Å². The SMILES string of the molecule is COc1ccc(NC(=O)Nc2c(C)cccc2C)cc1OC. The Hall–Kier alpha value is -2.69. The molecule has 2 amide bonds. The molecular formula is C17H20N2O3. The number of methoxy groups -OCH3 is 2. The van der Waals surface area contributed by atoms with Crippen molar-refractivity contribution in [3.63, 3.8) is 0 Å². The molecule has 5 nitrogen and oxygen atoms in total. The molecule has 2 aromatic rings. The van der Waals surface area contributed by atoms with Crippen LogP contribution >= 0.6 is 0 Å². The van der Waals surface area contributed by atoms with Crippen molar-refractivity contribution in [3.05, 3.63) is 47.5 Å². The first kappa shape index (κ1) is 15.7. The van der Waals surface area contributed by atoms with Crippen LogP contribution in [-0.2, 0) is 0 Å². The van der Waals surface area contributed by atoms with Gasteiger partial charge >= 0.3 is 6.03 Å². The molecule has 2 aromatic carbocycles. The number of amides is 2. The summed E-state index contributed by atoms with van der Waals surface area (Å²) in [5.41, 5.74) is 3.48. The van der Waals surface area contributed by atoms with E-state index in [0.29, 0.717) is 17.2 Å². The predicted molar refractivity (Wildman–Crippen MR) is 88.1 cm³/mol. The lowest BCUT2D eigenvalue weighted by molar-refractivity contribution is 0.262. The van der Waals surface area contributed by atoms with E-state index in [1.54, 1.807) is 32.4 Å². The van der Waals surface area contributed by atoms with Crippen molar-refractivity contribution < 1.29 is 14.3 Å². The van der Waals surface area contributed by atoms with Crippen LogP contribution in [0.15, 0.2) is 36.4 Å². The maximum Gasteiger partial charge on any atom is 0.323 e. The number of nitrogens with one attached hydrogen (secondary N) is 2. The van der Waals surface area contributed by atoms with E-state index in [2.05, 4.69) is 10.6 Å². The fourth-order valence-electron chi connectivity index (χ4n) is 2.20. The third kappa shape index (κ3) is 3.49. The van der Waals surface area contributed by atoms with Gasteiger partial charge in [0, 0.05) is 17.4 Å². The number of aryl methyl sites for hydroxylation is 2. The maximum atomic E-state index is 12.1. The summed E-state index contributed by atoms with van der Waals surface area (Å²) >= 11 is 0. The predicted octanol–water partition coefficient (Wildman–Crippen LogP) is 3.96. The second-order valence-electron chi connectivity index (χ2n) is 4.92. The Morgan fingerprint density at radius 3 is 2.14 bits per heavy atom. The molecule has 2 N–H and O–H groups in total. The van der Waals surface area contributed by atoms with Gasteiger partial charge in [-0.25, -0.2) is 4.79 Å². The molecule has 0 heterocycles. The lowest BCUT2D eigenvalue weighted by Gasteiger charge is -2.13. The summed E-state index contributed by atoms with van der Waals surface area (Å²) in [7, 11) is 3.12. The molecule has 0 aliphatic rings. The van der Waals surface area contributed by atoms with Crippen LogP contribution in [0.4, 0.5) is 16.2 Å². The van der Waals surface area contributed by atoms with E-state index in [1.807, 2.05) is 32.0 Å². The van der Waals surface area contributed by atoms with E-state index in [4.69, 9.17) is 9.47 Å². The van der Waals surface area contributed by atoms with Gasteiger partial charge in [0.25, 0.3) is 0 Å². The standard InChI is InChI=1S/C17H20N2O3/c1-11-6-5-7-12(2)16(11)19-17(20)18-13-8-9-14(21-3)15(10-13)22-4/h5-10H,1-4H3,(H2,18,19,20). The Labute approximate surface area is 130 Å². The Bertz CT molecular complexity index is 663. The number of hydrogen-bond acceptors (Lipinski definition) is 3. The zero-order valence-electron chi connectivity index (χ0n) is 13.2. The van der Waals surface area contributed by atoms with E-state index >= 15 is 0 Å². The highest BCUT2D eigenvalue weighted by molar-refractivity contribution is 6.00. The van der Waals surface area contributed by atoms with E-state index in [9.17, 15) is 4.79 Å². The molecular weight excluding hydrogens is 280 g/mol. The average molecular weight is 300 g/mol. The Kier molecular flexibility index (Phi) is 4.88. The largest absolute Gasteiger partial charge is 0.493 e. The molecule has 2 rings (SSSR count). The van der Waals surface area contributed by atoms with Crippen LogP contribution < -0.4 is 20.1 Å². The van der Waals surface area contributed by atoms with Crippen LogP contribution in [0.5, 0.6) is 11.5 Å². The summed E-state index contributed by atoms with van der Waals surface area (Å²) in [6.07, 6.45) is 0. The van der Waals surface area contributed by atoms with Gasteiger partial charge in [0.05, 0.1) is 14.2 Å². The number of ether oxygens (including phenoxy) is 2. The smallest absolute Gasteiger partial charge is 0.323 e. The van der Waals surface area contributed by atoms with Crippen molar-refractivity contribution >= 4 is 17.4 Å². The highest BCUT2D eigenvalue weighted by atomic mass is 16.5. The Morgan fingerprint density at radius 2 is 1.55 bits per heavy atom. The van der Waals surface area contributed by atoms with Gasteiger partial charge in [-0.1, -0.05) is 18.2 Å². The second-order valence-corrected chi connectivity index (χ2v) is 4.92. The molecule has 5 heteroatoms. The number of rotatable bonds is 4. The van der Waals surface area contributed by atoms with E-state index in [-0.39, 0.29) is 6.03 Å². The molecule has 0 saturated heterocycles. The summed E-state index contributed by atoms with van der Waals surface area (Å²) in [5.74, 6) is 1.18. The van der Waals surface area contributed by atoms with E-state index < -0.39 is 0 Å². The number of anilines is 2. The number of hydrogen-bond donors (Lipinski definition) is 2. The van der Waals surface area contributed by atoms with Gasteiger partial charge in [0.1, 0.15) is 0 Å². The molecule has 0 fully saturated rings. The van der Waals surface area contributed by atoms with Crippen molar-refractivity contribution in [2.45, 2.75) is 13.8 Å². The Morgan fingerprint density at radius 1 is 0.909 bits per heavy atom. The third-order valence-corrected chi connectivity index (χ3v) is 3.36. The zero-order chi connectivity index (χ0) is 16.1. The van der Waals surface area contributed by atoms with E-state index in [1.165, 1.54) is 0 Å². The van der Waals surface area contributed by atoms with Gasteiger partial charge in [-0.3, -0.25) is 0 Å². The van der Waals surface area contributed by atoms with Crippen molar-refractivity contribution in [1.82, 2.24) is 0 Å². The molecule has 0 aromatic heterocycles. The minimum Gasteiger partial charge on any atom is -0.493 e. The molecule has 0 unspecified atom stereocenters. The lowest BCUT2D eigenvalue weighted by Crippen LogP contribution is -2.20. The molecule has 0 saturated carbocycles. The van der Waals surface area contributed by atoms with Crippen molar-refractivity contribution in [2.75, 3.05) is 24.9 Å². The van der Waals surface area contributed by atoms with Gasteiger partial charge in [0.2, 0.25) is 0 Å². The van der Waals surface area contributed by atoms with Gasteiger partial charge in [-0.15, -0.1) is 0 Å². The van der Waals surface area contributed by atoms with Crippen molar-refractivity contribution in [1.29, 1.82) is 0 Å². The fourth-order valence-corrected chi connectivity index (χ4v) is 2.20. The highest BCUT2D eigenvalue weighted by Gasteiger charge is 2.09. The monoisotopic (exact) mass is 300 g/mol. The van der Waals surface area contributed by atoms with Crippen LogP contribution in [0.3, 0.4) is 0 Å². The topological polar surface area (TPSA) is 59.6 Å². The lowest BCUT2D eigenvalue weighted by atomic mass is 10.1. The van der Waals surface area contributed by atoms with Gasteiger partial charge in [-0.05, 0) is 37.1 Å². The minimum atomic E-state index is -0.301. The number of benzene rings is 2. The molecule has 0 atom stereocenters. The van der Waals surface area contributed by atoms with Crippen LogP contribution in [0, 0.1) is 13.8 Å². The maximum absolute atomic E-state index is 12.1. The fraction of sp³-hybridized carbons (Fsp3) is 0.235. The Balaban J connectivity index is 2.12. The number of urea groups is 1. The molecule has 0 radical (unpaired) electrons. The van der Waals surface area contributed by atoms with Crippen LogP contribution in [0.2, 0.25) is 0 Å². The summed E-state index contributed by atoms with van der Waals surface area (Å²) in [6, 6.07) is 10.8.